The molecule has 0 aliphatic carbocycles. The van der Waals surface area contributed by atoms with Crippen molar-refractivity contribution < 1.29 is 4.79 Å². The van der Waals surface area contributed by atoms with Gasteiger partial charge in [0.2, 0.25) is 11.9 Å². The summed E-state index contributed by atoms with van der Waals surface area (Å²) in [6.07, 6.45) is 16.1. The largest absolute Gasteiger partial charge is 0.384 e. The van der Waals surface area contributed by atoms with Gasteiger partial charge in [-0.3, -0.25) is 10.1 Å². The summed E-state index contributed by atoms with van der Waals surface area (Å²) in [5, 5.41) is 2.68. The molecule has 3 N–H and O–H groups in total. The molecule has 0 fully saturated rings. The van der Waals surface area contributed by atoms with Gasteiger partial charge >= 0.3 is 0 Å². The van der Waals surface area contributed by atoms with Gasteiger partial charge in [0, 0.05) is 12.6 Å². The van der Waals surface area contributed by atoms with Crippen molar-refractivity contribution in [3.8, 4) is 0 Å². The van der Waals surface area contributed by atoms with E-state index in [0.717, 1.165) is 12.8 Å². The van der Waals surface area contributed by atoms with Crippen molar-refractivity contribution in [2.24, 2.45) is 0 Å². The third-order valence-corrected chi connectivity index (χ3v) is 3.94. The van der Waals surface area contributed by atoms with Crippen LogP contribution in [0, 0.1) is 0 Å². The average Bonchev–Trinajstić information content (AvgIpc) is 2.52. The van der Waals surface area contributed by atoms with Crippen LogP contribution in [0.2, 0.25) is 0 Å². The van der Waals surface area contributed by atoms with E-state index in [1.807, 2.05) is 0 Å². The van der Waals surface area contributed by atoms with Crippen molar-refractivity contribution in [3.05, 3.63) is 12.3 Å². The Labute approximate surface area is 140 Å². The fourth-order valence-electron chi connectivity index (χ4n) is 2.57. The minimum atomic E-state index is -0.0356. The zero-order valence-corrected chi connectivity index (χ0v) is 14.5. The fourth-order valence-corrected chi connectivity index (χ4v) is 2.57. The number of nitrogens with two attached hydrogens (primary N) is 1. The van der Waals surface area contributed by atoms with Gasteiger partial charge in [-0.15, -0.1) is 0 Å². The van der Waals surface area contributed by atoms with Crippen LogP contribution in [-0.2, 0) is 4.79 Å². The van der Waals surface area contributed by atoms with Crippen LogP contribution >= 0.6 is 0 Å². The lowest BCUT2D eigenvalue weighted by atomic mass is 10.1. The molecule has 0 bridgehead atoms. The fraction of sp³-hybridized carbons (Fsp3) is 0.722. The third-order valence-electron chi connectivity index (χ3n) is 3.94. The molecule has 0 radical (unpaired) electrons. The van der Waals surface area contributed by atoms with Crippen LogP contribution in [0.25, 0.3) is 0 Å². The van der Waals surface area contributed by atoms with Crippen LogP contribution in [-0.4, -0.2) is 15.9 Å². The Kier molecular flexibility index (Phi) is 10.8. The SMILES string of the molecule is CCCCCCCCCCCCCC(=O)Nc1nccc(N)n1. The van der Waals surface area contributed by atoms with Crippen molar-refractivity contribution >= 4 is 17.7 Å². The van der Waals surface area contributed by atoms with Crippen LogP contribution in [0.15, 0.2) is 12.3 Å². The molecule has 0 spiro atoms. The summed E-state index contributed by atoms with van der Waals surface area (Å²) < 4.78 is 0. The summed E-state index contributed by atoms with van der Waals surface area (Å²) in [4.78, 5) is 19.7. The predicted octanol–water partition coefficient (Wildman–Crippen LogP) is 4.70. The first kappa shape index (κ1) is 19.4. The van der Waals surface area contributed by atoms with Crippen molar-refractivity contribution in [1.29, 1.82) is 0 Å². The molecule has 1 aromatic heterocycles. The molecule has 0 aromatic carbocycles. The van der Waals surface area contributed by atoms with E-state index in [9.17, 15) is 4.79 Å². The van der Waals surface area contributed by atoms with Crippen LogP contribution in [0.4, 0.5) is 11.8 Å². The van der Waals surface area contributed by atoms with Gasteiger partial charge < -0.3 is 5.73 Å². The number of nitrogens with zero attached hydrogens (tertiary/aromatic N) is 2. The number of nitrogen functional groups attached to an aromatic ring is 1. The van der Waals surface area contributed by atoms with Crippen LogP contribution in [0.1, 0.15) is 84.0 Å². The normalized spacial score (nSPS) is 10.7. The number of carbonyl (C=O) groups excluding carboxylic acids is 1. The van der Waals surface area contributed by atoms with Gasteiger partial charge in [-0.05, 0) is 12.5 Å². The lowest BCUT2D eigenvalue weighted by Crippen LogP contribution is -2.13. The monoisotopic (exact) mass is 320 g/mol. The first-order valence-corrected chi connectivity index (χ1v) is 9.10. The van der Waals surface area contributed by atoms with E-state index >= 15 is 0 Å². The molecule has 0 unspecified atom stereocenters. The number of hydrogen-bond acceptors (Lipinski definition) is 4. The Morgan fingerprint density at radius 3 is 2.13 bits per heavy atom. The molecule has 1 amide bonds. The molecule has 1 aromatic rings. The number of nitrogens with one attached hydrogen (secondary N) is 1. The second kappa shape index (κ2) is 12.9. The van der Waals surface area contributed by atoms with Gasteiger partial charge in [0.15, 0.2) is 0 Å². The number of amides is 1. The maximum atomic E-state index is 11.8. The Morgan fingerprint density at radius 2 is 1.57 bits per heavy atom. The molecule has 23 heavy (non-hydrogen) atoms. The molecule has 5 heteroatoms. The summed E-state index contributed by atoms with van der Waals surface area (Å²) in [5.74, 6) is 0.620. The van der Waals surface area contributed by atoms with Crippen LogP contribution in [0.5, 0.6) is 0 Å². The first-order chi connectivity index (χ1) is 11.2. The highest BCUT2D eigenvalue weighted by molar-refractivity contribution is 5.88. The Bertz CT molecular complexity index is 437. The number of rotatable bonds is 13. The molecule has 0 saturated carbocycles. The first-order valence-electron chi connectivity index (χ1n) is 9.10. The van der Waals surface area contributed by atoms with E-state index in [4.69, 9.17) is 5.73 Å². The maximum absolute atomic E-state index is 11.8. The standard InChI is InChI=1S/C18H32N4O/c1-2-3-4-5-6-7-8-9-10-11-12-13-17(23)22-18-20-15-14-16(19)21-18/h14-15H,2-13H2,1H3,(H3,19,20,21,22,23). The molecule has 0 aliphatic rings. The molecule has 1 rings (SSSR count). The minimum absolute atomic E-state index is 0.0356. The molecular weight excluding hydrogens is 288 g/mol. The van der Waals surface area contributed by atoms with Gasteiger partial charge in [-0.2, -0.15) is 4.98 Å². The summed E-state index contributed by atoms with van der Waals surface area (Å²) in [7, 11) is 0. The number of anilines is 2. The summed E-state index contributed by atoms with van der Waals surface area (Å²) in [6, 6.07) is 1.60. The second-order valence-electron chi connectivity index (χ2n) is 6.14. The minimum Gasteiger partial charge on any atom is -0.384 e. The predicted molar refractivity (Wildman–Crippen MR) is 96.2 cm³/mol. The third kappa shape index (κ3) is 10.7. The molecule has 0 saturated heterocycles. The van der Waals surface area contributed by atoms with E-state index < -0.39 is 0 Å². The molecule has 5 nitrogen and oxygen atoms in total. The number of carbonyl (C=O) groups is 1. The van der Waals surface area contributed by atoms with E-state index in [2.05, 4.69) is 22.2 Å². The molecule has 0 atom stereocenters. The second-order valence-corrected chi connectivity index (χ2v) is 6.14. The molecule has 0 aliphatic heterocycles. The Balaban J connectivity index is 1.91. The zero-order chi connectivity index (χ0) is 16.8. The van der Waals surface area contributed by atoms with Crippen molar-refractivity contribution in [2.75, 3.05) is 11.1 Å². The average molecular weight is 320 g/mol. The van der Waals surface area contributed by atoms with E-state index in [1.165, 1.54) is 57.8 Å². The van der Waals surface area contributed by atoms with Crippen molar-refractivity contribution in [1.82, 2.24) is 9.97 Å². The Hall–Kier alpha value is -1.65. The van der Waals surface area contributed by atoms with Crippen molar-refractivity contribution in [3.63, 3.8) is 0 Å². The highest BCUT2D eigenvalue weighted by Gasteiger charge is 2.04. The lowest BCUT2D eigenvalue weighted by Gasteiger charge is -2.04. The van der Waals surface area contributed by atoms with Gasteiger partial charge in [0.25, 0.3) is 0 Å². The summed E-state index contributed by atoms with van der Waals surface area (Å²) in [6.45, 7) is 2.25. The van der Waals surface area contributed by atoms with Gasteiger partial charge in [-0.1, -0.05) is 71.1 Å². The van der Waals surface area contributed by atoms with Gasteiger partial charge in [-0.25, -0.2) is 4.98 Å². The molecular formula is C18H32N4O. The summed E-state index contributed by atoms with van der Waals surface area (Å²) in [5.41, 5.74) is 5.55. The molecule has 1 heterocycles. The van der Waals surface area contributed by atoms with Crippen molar-refractivity contribution in [2.45, 2.75) is 84.0 Å². The number of hydrogen-bond donors (Lipinski definition) is 2. The van der Waals surface area contributed by atoms with E-state index in [0.29, 0.717) is 12.2 Å². The highest BCUT2D eigenvalue weighted by atomic mass is 16.1. The smallest absolute Gasteiger partial charge is 0.231 e. The maximum Gasteiger partial charge on any atom is 0.231 e. The van der Waals surface area contributed by atoms with Crippen LogP contribution in [0.3, 0.4) is 0 Å². The van der Waals surface area contributed by atoms with E-state index in [1.54, 1.807) is 12.3 Å². The lowest BCUT2D eigenvalue weighted by molar-refractivity contribution is -0.116. The van der Waals surface area contributed by atoms with Gasteiger partial charge in [0.05, 0.1) is 0 Å². The summed E-state index contributed by atoms with van der Waals surface area (Å²) >= 11 is 0. The quantitative estimate of drug-likeness (QED) is 0.516. The topological polar surface area (TPSA) is 80.9 Å². The van der Waals surface area contributed by atoms with Gasteiger partial charge in [0.1, 0.15) is 5.82 Å². The van der Waals surface area contributed by atoms with Crippen LogP contribution < -0.4 is 11.1 Å². The molecule has 130 valence electrons. The van der Waals surface area contributed by atoms with E-state index in [-0.39, 0.29) is 11.9 Å². The number of unbranched alkanes of at least 4 members (excludes halogenated alkanes) is 10. The zero-order valence-electron chi connectivity index (χ0n) is 14.5. The highest BCUT2D eigenvalue weighted by Crippen LogP contribution is 2.12. The Morgan fingerprint density at radius 1 is 1.00 bits per heavy atom. The number of aromatic nitrogens is 2.